The summed E-state index contributed by atoms with van der Waals surface area (Å²) in [5, 5.41) is 0. The Bertz CT molecular complexity index is 1100. The van der Waals surface area contributed by atoms with E-state index in [1.165, 1.54) is 5.56 Å². The van der Waals surface area contributed by atoms with Gasteiger partial charge in [-0.1, -0.05) is 57.2 Å². The van der Waals surface area contributed by atoms with Gasteiger partial charge >= 0.3 is 11.9 Å². The van der Waals surface area contributed by atoms with E-state index in [9.17, 15) is 9.59 Å². The molecule has 0 bridgehead atoms. The normalized spacial score (nSPS) is 11.1. The fourth-order valence-electron chi connectivity index (χ4n) is 3.21. The molecule has 3 aromatic carbocycles. The zero-order valence-corrected chi connectivity index (χ0v) is 21.3. The van der Waals surface area contributed by atoms with Gasteiger partial charge in [-0.25, -0.2) is 9.59 Å². The number of hydrogen-bond donors (Lipinski definition) is 0. The van der Waals surface area contributed by atoms with Crippen LogP contribution in [0.25, 0.3) is 0 Å². The highest BCUT2D eigenvalue weighted by molar-refractivity contribution is 9.10. The summed E-state index contributed by atoms with van der Waals surface area (Å²) in [6.07, 6.45) is 1.60. The van der Waals surface area contributed by atoms with Crippen LogP contribution >= 0.6 is 15.9 Å². The third kappa shape index (κ3) is 7.73. The first-order valence-electron chi connectivity index (χ1n) is 11.2. The SMILES string of the molecule is CC(C)(C)c1ccc(OCC(=O)Oc2ccc(C(=O)OCCCc3ccccc3)cc2)c(Br)c1. The zero-order chi connectivity index (χ0) is 24.6. The van der Waals surface area contributed by atoms with Gasteiger partial charge in [0.15, 0.2) is 6.61 Å². The maximum atomic E-state index is 12.2. The summed E-state index contributed by atoms with van der Waals surface area (Å²) < 4.78 is 17.0. The third-order valence-electron chi connectivity index (χ3n) is 5.15. The van der Waals surface area contributed by atoms with E-state index in [2.05, 4.69) is 36.7 Å². The first kappa shape index (κ1) is 25.5. The van der Waals surface area contributed by atoms with Gasteiger partial charge in [0, 0.05) is 0 Å². The number of carbonyl (C=O) groups excluding carboxylic acids is 2. The summed E-state index contributed by atoms with van der Waals surface area (Å²) in [5.41, 5.74) is 2.78. The Kier molecular flexibility index (Phi) is 8.88. The Hall–Kier alpha value is -3.12. The molecule has 0 aliphatic rings. The van der Waals surface area contributed by atoms with Gasteiger partial charge in [-0.05, 0) is 81.7 Å². The lowest BCUT2D eigenvalue weighted by atomic mass is 9.87. The molecule has 0 aromatic heterocycles. The molecule has 0 unspecified atom stereocenters. The van der Waals surface area contributed by atoms with Crippen LogP contribution in [0.15, 0.2) is 77.3 Å². The molecule has 0 spiro atoms. The number of carbonyl (C=O) groups is 2. The van der Waals surface area contributed by atoms with E-state index >= 15 is 0 Å². The molecule has 0 aliphatic heterocycles. The lowest BCUT2D eigenvalue weighted by Gasteiger charge is -2.20. The van der Waals surface area contributed by atoms with Crippen molar-refractivity contribution in [3.05, 3.63) is 94.0 Å². The fourth-order valence-corrected chi connectivity index (χ4v) is 3.70. The van der Waals surface area contributed by atoms with Crippen LogP contribution in [0.2, 0.25) is 0 Å². The van der Waals surface area contributed by atoms with Crippen molar-refractivity contribution >= 4 is 27.9 Å². The van der Waals surface area contributed by atoms with Crippen molar-refractivity contribution < 1.29 is 23.8 Å². The van der Waals surface area contributed by atoms with Crippen LogP contribution in [-0.4, -0.2) is 25.2 Å². The highest BCUT2D eigenvalue weighted by Crippen LogP contribution is 2.31. The lowest BCUT2D eigenvalue weighted by molar-refractivity contribution is -0.136. The van der Waals surface area contributed by atoms with Gasteiger partial charge < -0.3 is 14.2 Å². The average Bonchev–Trinajstić information content (AvgIpc) is 2.81. The maximum absolute atomic E-state index is 12.2. The van der Waals surface area contributed by atoms with Gasteiger partial charge in [0.25, 0.3) is 0 Å². The topological polar surface area (TPSA) is 61.8 Å². The van der Waals surface area contributed by atoms with Gasteiger partial charge in [-0.3, -0.25) is 0 Å². The smallest absolute Gasteiger partial charge is 0.349 e. The van der Waals surface area contributed by atoms with Crippen molar-refractivity contribution in [1.29, 1.82) is 0 Å². The third-order valence-corrected chi connectivity index (χ3v) is 5.77. The molecule has 6 heteroatoms. The molecule has 0 saturated carbocycles. The number of ether oxygens (including phenoxy) is 3. The van der Waals surface area contributed by atoms with Crippen LogP contribution in [0.5, 0.6) is 11.5 Å². The molecule has 0 aliphatic carbocycles. The second kappa shape index (κ2) is 11.8. The summed E-state index contributed by atoms with van der Waals surface area (Å²) in [6.45, 7) is 6.49. The Balaban J connectivity index is 1.43. The summed E-state index contributed by atoms with van der Waals surface area (Å²) >= 11 is 3.49. The van der Waals surface area contributed by atoms with E-state index in [4.69, 9.17) is 14.2 Å². The zero-order valence-electron chi connectivity index (χ0n) is 19.7. The van der Waals surface area contributed by atoms with Gasteiger partial charge in [0.2, 0.25) is 0 Å². The number of rotatable bonds is 9. The molecule has 0 saturated heterocycles. The first-order valence-corrected chi connectivity index (χ1v) is 12.0. The van der Waals surface area contributed by atoms with Gasteiger partial charge in [-0.2, -0.15) is 0 Å². The molecule has 3 aromatic rings. The van der Waals surface area contributed by atoms with Crippen LogP contribution in [-0.2, 0) is 21.4 Å². The Labute approximate surface area is 209 Å². The fraction of sp³-hybridized carbons (Fsp3) is 0.286. The minimum Gasteiger partial charge on any atom is -0.481 e. The van der Waals surface area contributed by atoms with Crippen LogP contribution in [0.4, 0.5) is 0 Å². The molecule has 0 amide bonds. The van der Waals surface area contributed by atoms with Gasteiger partial charge in [0.05, 0.1) is 16.6 Å². The lowest BCUT2D eigenvalue weighted by Crippen LogP contribution is -2.18. The Morgan fingerprint density at radius 2 is 1.62 bits per heavy atom. The monoisotopic (exact) mass is 524 g/mol. The Morgan fingerprint density at radius 3 is 2.26 bits per heavy atom. The van der Waals surface area contributed by atoms with Crippen LogP contribution in [0, 0.1) is 0 Å². The molecule has 5 nitrogen and oxygen atoms in total. The van der Waals surface area contributed by atoms with Crippen molar-refractivity contribution in [2.75, 3.05) is 13.2 Å². The largest absolute Gasteiger partial charge is 0.481 e. The predicted molar refractivity (Wildman–Crippen MR) is 135 cm³/mol. The van der Waals surface area contributed by atoms with Crippen molar-refractivity contribution in [3.8, 4) is 11.5 Å². The molecule has 0 radical (unpaired) electrons. The van der Waals surface area contributed by atoms with E-state index < -0.39 is 11.9 Å². The van der Waals surface area contributed by atoms with Crippen molar-refractivity contribution in [2.24, 2.45) is 0 Å². The van der Waals surface area contributed by atoms with Crippen molar-refractivity contribution in [1.82, 2.24) is 0 Å². The molecule has 3 rings (SSSR count). The van der Waals surface area contributed by atoms with Crippen molar-refractivity contribution in [2.45, 2.75) is 39.0 Å². The molecule has 0 atom stereocenters. The number of esters is 2. The molecule has 0 N–H and O–H groups in total. The second-order valence-electron chi connectivity index (χ2n) is 8.91. The van der Waals surface area contributed by atoms with E-state index in [1.54, 1.807) is 24.3 Å². The van der Waals surface area contributed by atoms with Crippen LogP contribution < -0.4 is 9.47 Å². The minimum absolute atomic E-state index is 0.0146. The predicted octanol–water partition coefficient (Wildman–Crippen LogP) is 6.52. The van der Waals surface area contributed by atoms with Crippen molar-refractivity contribution in [3.63, 3.8) is 0 Å². The molecule has 178 valence electrons. The number of hydrogen-bond acceptors (Lipinski definition) is 5. The number of benzene rings is 3. The van der Waals surface area contributed by atoms with E-state index in [-0.39, 0.29) is 12.0 Å². The summed E-state index contributed by atoms with van der Waals surface area (Å²) in [7, 11) is 0. The quantitative estimate of drug-likeness (QED) is 0.181. The minimum atomic E-state index is -0.539. The van der Waals surface area contributed by atoms with Crippen LogP contribution in [0.1, 0.15) is 48.7 Å². The van der Waals surface area contributed by atoms with Crippen LogP contribution in [0.3, 0.4) is 0 Å². The summed E-state index contributed by atoms with van der Waals surface area (Å²) in [6, 6.07) is 22.1. The average molecular weight is 525 g/mol. The molecule has 0 heterocycles. The highest BCUT2D eigenvalue weighted by atomic mass is 79.9. The number of aryl methyl sites for hydroxylation is 1. The molecular weight excluding hydrogens is 496 g/mol. The van der Waals surface area contributed by atoms with Gasteiger partial charge in [-0.15, -0.1) is 0 Å². The standard InChI is InChI=1S/C28H29BrO5/c1-28(2,3)22-13-16-25(24(29)18-22)33-19-26(30)34-23-14-11-21(12-15-23)27(31)32-17-7-10-20-8-5-4-6-9-20/h4-6,8-9,11-16,18H,7,10,17,19H2,1-3H3. The number of halogens is 1. The van der Waals surface area contributed by atoms with E-state index in [0.29, 0.717) is 23.7 Å². The second-order valence-corrected chi connectivity index (χ2v) is 9.76. The summed E-state index contributed by atoms with van der Waals surface area (Å²) in [4.78, 5) is 24.4. The van der Waals surface area contributed by atoms with E-state index in [1.807, 2.05) is 48.5 Å². The van der Waals surface area contributed by atoms with E-state index in [0.717, 1.165) is 22.9 Å². The molecule has 0 fully saturated rings. The molecular formula is C28H29BrO5. The molecule has 34 heavy (non-hydrogen) atoms. The summed E-state index contributed by atoms with van der Waals surface area (Å²) in [5.74, 6) is -0.0486. The Morgan fingerprint density at radius 1 is 0.912 bits per heavy atom. The maximum Gasteiger partial charge on any atom is 0.349 e. The first-order chi connectivity index (χ1) is 16.2. The van der Waals surface area contributed by atoms with Gasteiger partial charge in [0.1, 0.15) is 11.5 Å². The highest BCUT2D eigenvalue weighted by Gasteiger charge is 2.16.